The van der Waals surface area contributed by atoms with E-state index in [0.717, 1.165) is 12.1 Å². The molecular weight excluding hydrogens is 224 g/mol. The summed E-state index contributed by atoms with van der Waals surface area (Å²) in [7, 11) is 0. The standard InChI is InChI=1S/C11H8F4O/c1-6(2)10(16)8-4-3-7(12)5-9(8)11(13,14)15/h3-5H,1H2,2H3. The van der Waals surface area contributed by atoms with Crippen LogP contribution in [0.15, 0.2) is 30.4 Å². The summed E-state index contributed by atoms with van der Waals surface area (Å²) in [6.45, 7) is 4.56. The first-order valence-electron chi connectivity index (χ1n) is 4.30. The zero-order valence-electron chi connectivity index (χ0n) is 8.36. The maximum Gasteiger partial charge on any atom is 0.417 e. The molecule has 0 spiro atoms. The lowest BCUT2D eigenvalue weighted by Crippen LogP contribution is -2.14. The van der Waals surface area contributed by atoms with Crippen molar-refractivity contribution >= 4 is 5.78 Å². The molecule has 0 amide bonds. The lowest BCUT2D eigenvalue weighted by atomic mass is 9.99. The Balaban J connectivity index is 3.40. The third-order valence-corrected chi connectivity index (χ3v) is 1.92. The van der Waals surface area contributed by atoms with Gasteiger partial charge < -0.3 is 0 Å². The van der Waals surface area contributed by atoms with Crippen LogP contribution in [0.3, 0.4) is 0 Å². The minimum Gasteiger partial charge on any atom is -0.289 e. The molecule has 0 saturated carbocycles. The molecule has 0 unspecified atom stereocenters. The fourth-order valence-electron chi connectivity index (χ4n) is 1.18. The number of hydrogen-bond acceptors (Lipinski definition) is 1. The Hall–Kier alpha value is -1.65. The number of hydrogen-bond donors (Lipinski definition) is 0. The maximum atomic E-state index is 12.7. The van der Waals surface area contributed by atoms with Gasteiger partial charge in [0.2, 0.25) is 0 Å². The minimum absolute atomic E-state index is 0.0305. The van der Waals surface area contributed by atoms with Gasteiger partial charge in [0.25, 0.3) is 0 Å². The van der Waals surface area contributed by atoms with E-state index in [1.807, 2.05) is 0 Å². The van der Waals surface area contributed by atoms with E-state index in [4.69, 9.17) is 0 Å². The maximum absolute atomic E-state index is 12.7. The van der Waals surface area contributed by atoms with E-state index in [1.165, 1.54) is 6.92 Å². The fraction of sp³-hybridized carbons (Fsp3) is 0.182. The van der Waals surface area contributed by atoms with Crippen molar-refractivity contribution in [1.29, 1.82) is 0 Å². The van der Waals surface area contributed by atoms with Gasteiger partial charge in [0.15, 0.2) is 5.78 Å². The average molecular weight is 232 g/mol. The van der Waals surface area contributed by atoms with Crippen LogP contribution in [0.5, 0.6) is 0 Å². The van der Waals surface area contributed by atoms with Crippen LogP contribution in [0.25, 0.3) is 0 Å². The van der Waals surface area contributed by atoms with E-state index in [2.05, 4.69) is 6.58 Å². The van der Waals surface area contributed by atoms with Crippen LogP contribution >= 0.6 is 0 Å². The largest absolute Gasteiger partial charge is 0.417 e. The molecule has 0 bridgehead atoms. The monoisotopic (exact) mass is 232 g/mol. The van der Waals surface area contributed by atoms with E-state index in [-0.39, 0.29) is 5.57 Å². The summed E-state index contributed by atoms with van der Waals surface area (Å²) in [6.07, 6.45) is -4.76. The topological polar surface area (TPSA) is 17.1 Å². The predicted octanol–water partition coefficient (Wildman–Crippen LogP) is 3.60. The van der Waals surface area contributed by atoms with Gasteiger partial charge >= 0.3 is 6.18 Å². The summed E-state index contributed by atoms with van der Waals surface area (Å²) in [5.41, 5.74) is -1.89. The van der Waals surface area contributed by atoms with Crippen molar-refractivity contribution in [2.45, 2.75) is 13.1 Å². The first-order chi connectivity index (χ1) is 7.23. The van der Waals surface area contributed by atoms with Gasteiger partial charge in [0.1, 0.15) is 5.82 Å². The van der Waals surface area contributed by atoms with Crippen molar-refractivity contribution in [3.8, 4) is 0 Å². The van der Waals surface area contributed by atoms with Crippen molar-refractivity contribution in [2.75, 3.05) is 0 Å². The summed E-state index contributed by atoms with van der Waals surface area (Å²) in [5, 5.41) is 0. The van der Waals surface area contributed by atoms with Gasteiger partial charge in [-0.1, -0.05) is 6.58 Å². The molecule has 5 heteroatoms. The number of carbonyl (C=O) groups excluding carboxylic acids is 1. The van der Waals surface area contributed by atoms with Gasteiger partial charge in [-0.05, 0) is 30.7 Å². The summed E-state index contributed by atoms with van der Waals surface area (Å²) in [5.74, 6) is -1.88. The highest BCUT2D eigenvalue weighted by Crippen LogP contribution is 2.33. The fourth-order valence-corrected chi connectivity index (χ4v) is 1.18. The molecule has 1 aromatic carbocycles. The molecule has 0 atom stereocenters. The Morgan fingerprint density at radius 3 is 2.31 bits per heavy atom. The van der Waals surface area contributed by atoms with Crippen LogP contribution in [0.1, 0.15) is 22.8 Å². The molecule has 0 aliphatic rings. The molecule has 1 aromatic rings. The van der Waals surface area contributed by atoms with Gasteiger partial charge in [0, 0.05) is 5.56 Å². The first-order valence-corrected chi connectivity index (χ1v) is 4.30. The van der Waals surface area contributed by atoms with Crippen LogP contribution < -0.4 is 0 Å². The van der Waals surface area contributed by atoms with Crippen molar-refractivity contribution in [3.05, 3.63) is 47.3 Å². The van der Waals surface area contributed by atoms with Crippen LogP contribution in [0.4, 0.5) is 17.6 Å². The van der Waals surface area contributed by atoms with Gasteiger partial charge in [-0.3, -0.25) is 4.79 Å². The molecule has 0 fully saturated rings. The highest BCUT2D eigenvalue weighted by molar-refractivity contribution is 6.08. The Kier molecular flexibility index (Phi) is 3.16. The Bertz CT molecular complexity index is 446. The predicted molar refractivity (Wildman–Crippen MR) is 50.5 cm³/mol. The second-order valence-electron chi connectivity index (χ2n) is 3.30. The molecule has 0 aromatic heterocycles. The van der Waals surface area contributed by atoms with Crippen LogP contribution in [-0.4, -0.2) is 5.78 Å². The van der Waals surface area contributed by atoms with E-state index < -0.39 is 28.9 Å². The van der Waals surface area contributed by atoms with Crippen molar-refractivity contribution in [2.24, 2.45) is 0 Å². The second-order valence-corrected chi connectivity index (χ2v) is 3.30. The van der Waals surface area contributed by atoms with Crippen molar-refractivity contribution < 1.29 is 22.4 Å². The molecule has 0 aliphatic heterocycles. The lowest BCUT2D eigenvalue weighted by molar-refractivity contribution is -0.138. The molecular formula is C11H8F4O. The van der Waals surface area contributed by atoms with E-state index in [9.17, 15) is 22.4 Å². The number of benzene rings is 1. The molecule has 16 heavy (non-hydrogen) atoms. The number of halogens is 4. The van der Waals surface area contributed by atoms with Crippen LogP contribution in [0, 0.1) is 5.82 Å². The van der Waals surface area contributed by atoms with Gasteiger partial charge in [0.05, 0.1) is 5.56 Å². The third kappa shape index (κ3) is 2.48. The number of ketones is 1. The van der Waals surface area contributed by atoms with Crippen molar-refractivity contribution in [1.82, 2.24) is 0 Å². The molecule has 1 nitrogen and oxygen atoms in total. The SMILES string of the molecule is C=C(C)C(=O)c1ccc(F)cc1C(F)(F)F. The Morgan fingerprint density at radius 2 is 1.88 bits per heavy atom. The van der Waals surface area contributed by atoms with E-state index >= 15 is 0 Å². The number of carbonyl (C=O) groups is 1. The summed E-state index contributed by atoms with van der Waals surface area (Å²) >= 11 is 0. The van der Waals surface area contributed by atoms with Crippen LogP contribution in [0.2, 0.25) is 0 Å². The Labute approximate surface area is 89.4 Å². The van der Waals surface area contributed by atoms with Gasteiger partial charge in [-0.15, -0.1) is 0 Å². The summed E-state index contributed by atoms with van der Waals surface area (Å²) in [6, 6.07) is 1.93. The second kappa shape index (κ2) is 4.08. The summed E-state index contributed by atoms with van der Waals surface area (Å²) in [4.78, 5) is 11.4. The van der Waals surface area contributed by atoms with E-state index in [0.29, 0.717) is 6.07 Å². The quantitative estimate of drug-likeness (QED) is 0.432. The zero-order chi connectivity index (χ0) is 12.5. The first kappa shape index (κ1) is 12.4. The zero-order valence-corrected chi connectivity index (χ0v) is 8.36. The minimum atomic E-state index is -4.76. The molecule has 0 saturated heterocycles. The van der Waals surface area contributed by atoms with E-state index in [1.54, 1.807) is 0 Å². The average Bonchev–Trinajstić information content (AvgIpc) is 2.15. The molecule has 86 valence electrons. The number of Topliss-reactive ketones (excluding diaryl/α,β-unsaturated/α-hetero) is 1. The smallest absolute Gasteiger partial charge is 0.289 e. The number of allylic oxidation sites excluding steroid dienone is 1. The number of rotatable bonds is 2. The normalized spacial score (nSPS) is 11.3. The lowest BCUT2D eigenvalue weighted by Gasteiger charge is -2.11. The highest BCUT2D eigenvalue weighted by atomic mass is 19.4. The number of alkyl halides is 3. The molecule has 0 heterocycles. The van der Waals surface area contributed by atoms with Crippen molar-refractivity contribution in [3.63, 3.8) is 0 Å². The van der Waals surface area contributed by atoms with Crippen LogP contribution in [-0.2, 0) is 6.18 Å². The molecule has 0 radical (unpaired) electrons. The molecule has 1 rings (SSSR count). The molecule has 0 aliphatic carbocycles. The molecule has 0 N–H and O–H groups in total. The van der Waals surface area contributed by atoms with Gasteiger partial charge in [-0.2, -0.15) is 13.2 Å². The summed E-state index contributed by atoms with van der Waals surface area (Å²) < 4.78 is 50.2. The Morgan fingerprint density at radius 1 is 1.31 bits per heavy atom. The van der Waals surface area contributed by atoms with Gasteiger partial charge in [-0.25, -0.2) is 4.39 Å². The third-order valence-electron chi connectivity index (χ3n) is 1.92. The highest BCUT2D eigenvalue weighted by Gasteiger charge is 2.35.